The second-order valence-corrected chi connectivity index (χ2v) is 7.10. The summed E-state index contributed by atoms with van der Waals surface area (Å²) in [6, 6.07) is 4.61. The number of aliphatic hydroxyl groups is 1. The Labute approximate surface area is 136 Å². The molecule has 1 rings (SSSR count). The van der Waals surface area contributed by atoms with Crippen LogP contribution < -0.4 is 5.32 Å². The van der Waals surface area contributed by atoms with Crippen molar-refractivity contribution in [3.63, 3.8) is 0 Å². The highest BCUT2D eigenvalue weighted by Crippen LogP contribution is 2.24. The number of amides is 1. The van der Waals surface area contributed by atoms with Gasteiger partial charge < -0.3 is 15.3 Å². The third kappa shape index (κ3) is 6.22. The van der Waals surface area contributed by atoms with Crippen LogP contribution in [0, 0.1) is 5.41 Å². The van der Waals surface area contributed by atoms with Gasteiger partial charge in [0.05, 0.1) is 0 Å². The van der Waals surface area contributed by atoms with Crippen LogP contribution in [0.15, 0.2) is 18.2 Å². The maximum Gasteiger partial charge on any atom is 0.253 e. The van der Waals surface area contributed by atoms with E-state index in [0.29, 0.717) is 22.2 Å². The van der Waals surface area contributed by atoms with Gasteiger partial charge >= 0.3 is 0 Å². The van der Waals surface area contributed by atoms with Gasteiger partial charge in [-0.05, 0) is 43.3 Å². The number of rotatable bonds is 6. The van der Waals surface area contributed by atoms with Gasteiger partial charge in [-0.3, -0.25) is 4.79 Å². The topological polar surface area (TPSA) is 52.6 Å². The van der Waals surface area contributed by atoms with E-state index in [-0.39, 0.29) is 5.41 Å². The molecule has 1 aromatic rings. The lowest BCUT2D eigenvalue weighted by Gasteiger charge is -2.28. The van der Waals surface area contributed by atoms with Crippen LogP contribution in [0.1, 0.15) is 25.5 Å². The zero-order chi connectivity index (χ0) is 16.2. The summed E-state index contributed by atoms with van der Waals surface area (Å²) in [5.41, 5.74) is 0.292. The van der Waals surface area contributed by atoms with Crippen LogP contribution in [0.25, 0.3) is 0 Å². The maximum absolute atomic E-state index is 12.0. The predicted octanol–water partition coefficient (Wildman–Crippen LogP) is 2.73. The molecular weight excluding hydrogens is 311 g/mol. The zero-order valence-corrected chi connectivity index (χ0v) is 14.3. The minimum absolute atomic E-state index is 0.0924. The first-order chi connectivity index (χ1) is 9.60. The van der Waals surface area contributed by atoms with Gasteiger partial charge in [-0.15, -0.1) is 0 Å². The van der Waals surface area contributed by atoms with Gasteiger partial charge in [0.2, 0.25) is 0 Å². The minimum atomic E-state index is -1.28. The van der Waals surface area contributed by atoms with Crippen LogP contribution in [-0.2, 0) is 4.79 Å². The Bertz CT molecular complexity index is 484. The van der Waals surface area contributed by atoms with Gasteiger partial charge in [-0.2, -0.15) is 0 Å². The normalized spacial score (nSPS) is 13.3. The van der Waals surface area contributed by atoms with Gasteiger partial charge in [0.25, 0.3) is 5.91 Å². The Kier molecular flexibility index (Phi) is 6.47. The average molecular weight is 333 g/mol. The smallest absolute Gasteiger partial charge is 0.253 e. The summed E-state index contributed by atoms with van der Waals surface area (Å²) < 4.78 is 0. The van der Waals surface area contributed by atoms with Crippen LogP contribution in [-0.4, -0.2) is 43.1 Å². The summed E-state index contributed by atoms with van der Waals surface area (Å²) in [5, 5.41) is 13.6. The summed E-state index contributed by atoms with van der Waals surface area (Å²) in [5.74, 6) is -0.458. The summed E-state index contributed by atoms with van der Waals surface area (Å²) in [7, 11) is 3.96. The molecule has 0 aliphatic heterocycles. The molecule has 0 heterocycles. The molecule has 1 aromatic carbocycles. The van der Waals surface area contributed by atoms with Crippen LogP contribution >= 0.6 is 23.2 Å². The van der Waals surface area contributed by atoms with Gasteiger partial charge in [0.1, 0.15) is 0 Å². The molecule has 118 valence electrons. The van der Waals surface area contributed by atoms with Crippen molar-refractivity contribution in [2.45, 2.75) is 20.0 Å². The summed E-state index contributed by atoms with van der Waals surface area (Å²) in [4.78, 5) is 14.1. The molecular formula is C15H22Cl2N2O2. The van der Waals surface area contributed by atoms with Gasteiger partial charge in [-0.1, -0.05) is 37.0 Å². The fourth-order valence-corrected chi connectivity index (χ4v) is 2.76. The number of nitrogens with one attached hydrogen (secondary N) is 1. The number of aliphatic hydroxyl groups excluding tert-OH is 1. The molecule has 1 atom stereocenters. The quantitative estimate of drug-likeness (QED) is 0.842. The van der Waals surface area contributed by atoms with Crippen molar-refractivity contribution in [3.8, 4) is 0 Å². The van der Waals surface area contributed by atoms with Gasteiger partial charge in [0.15, 0.2) is 6.10 Å². The van der Waals surface area contributed by atoms with Crippen molar-refractivity contribution in [3.05, 3.63) is 33.8 Å². The van der Waals surface area contributed by atoms with Crippen molar-refractivity contribution in [1.82, 2.24) is 10.2 Å². The van der Waals surface area contributed by atoms with Gasteiger partial charge in [-0.25, -0.2) is 0 Å². The van der Waals surface area contributed by atoms with Crippen molar-refractivity contribution < 1.29 is 9.90 Å². The van der Waals surface area contributed by atoms with E-state index < -0.39 is 12.0 Å². The highest BCUT2D eigenvalue weighted by Gasteiger charge is 2.23. The number of nitrogens with zero attached hydrogens (tertiary/aromatic N) is 1. The van der Waals surface area contributed by atoms with E-state index in [4.69, 9.17) is 23.2 Å². The molecule has 6 heteroatoms. The Balaban J connectivity index is 2.67. The Morgan fingerprint density at radius 3 is 2.29 bits per heavy atom. The van der Waals surface area contributed by atoms with E-state index >= 15 is 0 Å². The molecule has 0 saturated carbocycles. The van der Waals surface area contributed by atoms with E-state index in [0.717, 1.165) is 6.54 Å². The van der Waals surface area contributed by atoms with E-state index in [2.05, 4.69) is 24.1 Å². The monoisotopic (exact) mass is 332 g/mol. The number of carbonyl (C=O) groups excluding carboxylic acids is 1. The number of halogens is 2. The van der Waals surface area contributed by atoms with E-state index in [1.54, 1.807) is 6.07 Å². The first-order valence-corrected chi connectivity index (χ1v) is 7.43. The number of carbonyl (C=O) groups is 1. The summed E-state index contributed by atoms with van der Waals surface area (Å²) in [6.07, 6.45) is -1.28. The van der Waals surface area contributed by atoms with Crippen molar-refractivity contribution in [1.29, 1.82) is 0 Å². The highest BCUT2D eigenvalue weighted by atomic mass is 35.5. The second kappa shape index (κ2) is 7.45. The molecule has 0 spiro atoms. The minimum Gasteiger partial charge on any atom is -0.378 e. The molecule has 0 bridgehead atoms. The van der Waals surface area contributed by atoms with Crippen LogP contribution in [0.5, 0.6) is 0 Å². The Hall–Kier alpha value is -0.810. The Morgan fingerprint density at radius 2 is 1.81 bits per heavy atom. The lowest BCUT2D eigenvalue weighted by Crippen LogP contribution is -2.41. The van der Waals surface area contributed by atoms with Crippen molar-refractivity contribution >= 4 is 29.1 Å². The lowest BCUT2D eigenvalue weighted by molar-refractivity contribution is -0.130. The van der Waals surface area contributed by atoms with Gasteiger partial charge in [0, 0.05) is 23.1 Å². The molecule has 0 saturated heterocycles. The first kappa shape index (κ1) is 18.2. The Morgan fingerprint density at radius 1 is 1.29 bits per heavy atom. The lowest BCUT2D eigenvalue weighted by atomic mass is 9.93. The fourth-order valence-electron chi connectivity index (χ4n) is 2.22. The van der Waals surface area contributed by atoms with Crippen molar-refractivity contribution in [2.75, 3.05) is 27.2 Å². The van der Waals surface area contributed by atoms with Crippen LogP contribution in [0.4, 0.5) is 0 Å². The third-order valence-corrected chi connectivity index (χ3v) is 3.37. The molecule has 0 aliphatic carbocycles. The summed E-state index contributed by atoms with van der Waals surface area (Å²) >= 11 is 11.7. The third-order valence-electron chi connectivity index (χ3n) is 2.93. The number of hydrogen-bond acceptors (Lipinski definition) is 3. The fraction of sp³-hybridized carbons (Fsp3) is 0.533. The largest absolute Gasteiger partial charge is 0.378 e. The number of benzene rings is 1. The molecule has 2 N–H and O–H groups in total. The molecule has 0 aromatic heterocycles. The predicted molar refractivity (Wildman–Crippen MR) is 86.8 cm³/mol. The van der Waals surface area contributed by atoms with E-state index in [1.807, 2.05) is 14.1 Å². The van der Waals surface area contributed by atoms with Crippen LogP contribution in [0.3, 0.4) is 0 Å². The second-order valence-electron chi connectivity index (χ2n) is 6.23. The molecule has 1 amide bonds. The van der Waals surface area contributed by atoms with E-state index in [9.17, 15) is 9.90 Å². The molecule has 21 heavy (non-hydrogen) atoms. The highest BCUT2D eigenvalue weighted by molar-refractivity contribution is 6.34. The molecule has 1 unspecified atom stereocenters. The number of hydrogen-bond donors (Lipinski definition) is 2. The first-order valence-electron chi connectivity index (χ1n) is 6.67. The van der Waals surface area contributed by atoms with Crippen molar-refractivity contribution in [2.24, 2.45) is 5.41 Å². The molecule has 0 fully saturated rings. The average Bonchev–Trinajstić information content (AvgIpc) is 2.32. The zero-order valence-electron chi connectivity index (χ0n) is 12.8. The summed E-state index contributed by atoms with van der Waals surface area (Å²) in [6.45, 7) is 5.40. The van der Waals surface area contributed by atoms with E-state index in [1.165, 1.54) is 12.1 Å². The molecule has 0 radical (unpaired) electrons. The SMILES string of the molecule is CN(C)CC(C)(C)CNC(=O)C(O)c1cc(Cl)cc(Cl)c1. The standard InChI is InChI=1S/C15H22Cl2N2O2/c1-15(2,9-19(3)4)8-18-14(21)13(20)10-5-11(16)7-12(17)6-10/h5-7,13,20H,8-9H2,1-4H3,(H,18,21). The molecule has 0 aliphatic rings. The van der Waals surface area contributed by atoms with Crippen LogP contribution in [0.2, 0.25) is 10.0 Å². The maximum atomic E-state index is 12.0. The molecule has 4 nitrogen and oxygen atoms in total.